The Hall–Kier alpha value is -2.55. The van der Waals surface area contributed by atoms with Crippen molar-refractivity contribution in [2.24, 2.45) is 0 Å². The minimum Gasteiger partial charge on any atom is -0.497 e. The van der Waals surface area contributed by atoms with Crippen molar-refractivity contribution in [1.82, 2.24) is 0 Å². The molecule has 0 atom stereocenters. The number of ketones is 1. The molecule has 0 fully saturated rings. The predicted octanol–water partition coefficient (Wildman–Crippen LogP) is 3.82. The van der Waals surface area contributed by atoms with E-state index < -0.39 is 0 Å². The largest absolute Gasteiger partial charge is 0.497 e. The van der Waals surface area contributed by atoms with Crippen molar-refractivity contribution in [1.29, 1.82) is 0 Å². The number of hydrogen-bond donors (Lipinski definition) is 1. The van der Waals surface area contributed by atoms with E-state index in [1.807, 2.05) is 54.7 Å². The second-order valence-corrected chi connectivity index (χ2v) is 5.03. The van der Waals surface area contributed by atoms with Gasteiger partial charge in [0.2, 0.25) is 0 Å². The van der Waals surface area contributed by atoms with E-state index in [2.05, 4.69) is 5.32 Å². The Labute approximate surface area is 124 Å². The fourth-order valence-electron chi connectivity index (χ4n) is 2.51. The van der Waals surface area contributed by atoms with Crippen LogP contribution in [0.5, 0.6) is 5.75 Å². The Kier molecular flexibility index (Phi) is 3.73. The number of carbonyl (C=O) groups excluding carboxylic acids is 1. The molecule has 0 radical (unpaired) electrons. The topological polar surface area (TPSA) is 38.3 Å². The standard InChI is InChI=1S/C18H17NO2/c1-21-16-10-8-15(9-11-16)19-12-14-7-6-13-4-2-3-5-17(13)18(14)20/h2-5,8-12,19H,6-7H2,1H3/b14-12-. The zero-order valence-electron chi connectivity index (χ0n) is 11.9. The van der Waals surface area contributed by atoms with E-state index >= 15 is 0 Å². The number of rotatable bonds is 3. The summed E-state index contributed by atoms with van der Waals surface area (Å²) < 4.78 is 5.12. The average molecular weight is 279 g/mol. The first-order chi connectivity index (χ1) is 10.3. The van der Waals surface area contributed by atoms with Crippen molar-refractivity contribution < 1.29 is 9.53 Å². The first-order valence-corrected chi connectivity index (χ1v) is 7.00. The summed E-state index contributed by atoms with van der Waals surface area (Å²) >= 11 is 0. The van der Waals surface area contributed by atoms with Crippen LogP contribution in [0, 0.1) is 0 Å². The molecule has 0 unspecified atom stereocenters. The minimum absolute atomic E-state index is 0.123. The molecule has 0 bridgehead atoms. The molecule has 2 aromatic rings. The van der Waals surface area contributed by atoms with E-state index in [0.717, 1.165) is 41.0 Å². The molecule has 1 aliphatic rings. The van der Waals surface area contributed by atoms with Crippen LogP contribution in [0.3, 0.4) is 0 Å². The molecular weight excluding hydrogens is 262 g/mol. The molecule has 0 aliphatic heterocycles. The summed E-state index contributed by atoms with van der Waals surface area (Å²) in [6.07, 6.45) is 3.51. The summed E-state index contributed by atoms with van der Waals surface area (Å²) in [7, 11) is 1.64. The second kappa shape index (κ2) is 5.83. The summed E-state index contributed by atoms with van der Waals surface area (Å²) in [5.41, 5.74) is 3.73. The quantitative estimate of drug-likeness (QED) is 0.868. The highest BCUT2D eigenvalue weighted by atomic mass is 16.5. The molecule has 106 valence electrons. The van der Waals surface area contributed by atoms with Crippen LogP contribution in [0.25, 0.3) is 0 Å². The Balaban J connectivity index is 1.76. The maximum absolute atomic E-state index is 12.4. The molecule has 0 spiro atoms. The third-order valence-electron chi connectivity index (χ3n) is 3.72. The molecule has 0 saturated heterocycles. The van der Waals surface area contributed by atoms with Crippen LogP contribution in [0.15, 0.2) is 60.3 Å². The van der Waals surface area contributed by atoms with Crippen molar-refractivity contribution in [3.8, 4) is 5.75 Å². The van der Waals surface area contributed by atoms with Gasteiger partial charge in [0.05, 0.1) is 7.11 Å². The van der Waals surface area contributed by atoms with Crippen LogP contribution in [0.2, 0.25) is 0 Å². The third-order valence-corrected chi connectivity index (χ3v) is 3.72. The molecule has 1 N–H and O–H groups in total. The first kappa shape index (κ1) is 13.4. The Morgan fingerprint density at radius 3 is 2.57 bits per heavy atom. The SMILES string of the molecule is COc1ccc(N/C=C2/CCc3ccccc3C2=O)cc1. The molecule has 3 nitrogen and oxygen atoms in total. The molecule has 0 aromatic heterocycles. The van der Waals surface area contributed by atoms with E-state index in [-0.39, 0.29) is 5.78 Å². The summed E-state index contributed by atoms with van der Waals surface area (Å²) in [6.45, 7) is 0. The fourth-order valence-corrected chi connectivity index (χ4v) is 2.51. The lowest BCUT2D eigenvalue weighted by Gasteiger charge is -2.17. The van der Waals surface area contributed by atoms with Crippen LogP contribution < -0.4 is 10.1 Å². The molecule has 3 heteroatoms. The number of aryl methyl sites for hydroxylation is 1. The van der Waals surface area contributed by atoms with E-state index in [4.69, 9.17) is 4.74 Å². The number of nitrogens with one attached hydrogen (secondary N) is 1. The second-order valence-electron chi connectivity index (χ2n) is 5.03. The van der Waals surface area contributed by atoms with Gasteiger partial charge in [0.1, 0.15) is 5.75 Å². The Bertz CT molecular complexity index is 687. The minimum atomic E-state index is 0.123. The van der Waals surface area contributed by atoms with E-state index in [1.165, 1.54) is 0 Å². The van der Waals surface area contributed by atoms with Gasteiger partial charge < -0.3 is 10.1 Å². The van der Waals surface area contributed by atoms with E-state index in [1.54, 1.807) is 7.11 Å². The lowest BCUT2D eigenvalue weighted by atomic mass is 9.87. The lowest BCUT2D eigenvalue weighted by molar-refractivity contribution is 0.102. The summed E-state index contributed by atoms with van der Waals surface area (Å²) in [4.78, 5) is 12.4. The Morgan fingerprint density at radius 1 is 1.05 bits per heavy atom. The van der Waals surface area contributed by atoms with Crippen molar-refractivity contribution in [2.45, 2.75) is 12.8 Å². The van der Waals surface area contributed by atoms with Crippen molar-refractivity contribution in [3.05, 3.63) is 71.4 Å². The van der Waals surface area contributed by atoms with Gasteiger partial charge in [-0.25, -0.2) is 0 Å². The molecule has 21 heavy (non-hydrogen) atoms. The van der Waals surface area contributed by atoms with Gasteiger partial charge in [-0.1, -0.05) is 24.3 Å². The number of anilines is 1. The summed E-state index contributed by atoms with van der Waals surface area (Å²) in [5, 5.41) is 3.19. The molecule has 2 aromatic carbocycles. The number of hydrogen-bond acceptors (Lipinski definition) is 3. The average Bonchev–Trinajstić information content (AvgIpc) is 2.55. The van der Waals surface area contributed by atoms with Gasteiger partial charge in [0, 0.05) is 23.0 Å². The number of methoxy groups -OCH3 is 1. The van der Waals surface area contributed by atoms with E-state index in [9.17, 15) is 4.79 Å². The van der Waals surface area contributed by atoms with Crippen LogP contribution in [0.1, 0.15) is 22.3 Å². The lowest BCUT2D eigenvalue weighted by Crippen LogP contribution is -2.14. The van der Waals surface area contributed by atoms with Gasteiger partial charge in [0.25, 0.3) is 0 Å². The van der Waals surface area contributed by atoms with Crippen molar-refractivity contribution in [2.75, 3.05) is 12.4 Å². The maximum atomic E-state index is 12.4. The first-order valence-electron chi connectivity index (χ1n) is 7.00. The van der Waals surface area contributed by atoms with Crippen LogP contribution >= 0.6 is 0 Å². The maximum Gasteiger partial charge on any atom is 0.190 e. The zero-order valence-corrected chi connectivity index (χ0v) is 11.9. The van der Waals surface area contributed by atoms with Gasteiger partial charge in [0.15, 0.2) is 5.78 Å². The number of benzene rings is 2. The summed E-state index contributed by atoms with van der Waals surface area (Å²) in [5.74, 6) is 0.939. The highest BCUT2D eigenvalue weighted by Gasteiger charge is 2.20. The van der Waals surface area contributed by atoms with E-state index in [0.29, 0.717) is 0 Å². The number of allylic oxidation sites excluding steroid dienone is 1. The fraction of sp³-hybridized carbons (Fsp3) is 0.167. The summed E-state index contributed by atoms with van der Waals surface area (Å²) in [6, 6.07) is 15.5. The van der Waals surface area contributed by atoms with Gasteiger partial charge in [-0.15, -0.1) is 0 Å². The molecular formula is C18H17NO2. The van der Waals surface area contributed by atoms with Crippen LogP contribution in [-0.2, 0) is 6.42 Å². The Morgan fingerprint density at radius 2 is 1.81 bits per heavy atom. The normalized spacial score (nSPS) is 15.7. The van der Waals surface area contributed by atoms with Gasteiger partial charge in [-0.2, -0.15) is 0 Å². The molecule has 0 saturated carbocycles. The highest BCUT2D eigenvalue weighted by Crippen LogP contribution is 2.25. The number of Topliss-reactive ketones (excluding diaryl/α,β-unsaturated/α-hetero) is 1. The number of ether oxygens (including phenoxy) is 1. The monoisotopic (exact) mass is 279 g/mol. The van der Waals surface area contributed by atoms with Gasteiger partial charge in [-0.05, 0) is 42.7 Å². The third kappa shape index (κ3) is 2.82. The smallest absolute Gasteiger partial charge is 0.190 e. The van der Waals surface area contributed by atoms with Gasteiger partial charge in [-0.3, -0.25) is 4.79 Å². The number of carbonyl (C=O) groups is 1. The molecule has 0 heterocycles. The molecule has 1 aliphatic carbocycles. The van der Waals surface area contributed by atoms with Crippen LogP contribution in [-0.4, -0.2) is 12.9 Å². The molecule has 3 rings (SSSR count). The van der Waals surface area contributed by atoms with Gasteiger partial charge >= 0.3 is 0 Å². The van der Waals surface area contributed by atoms with Crippen molar-refractivity contribution in [3.63, 3.8) is 0 Å². The predicted molar refractivity (Wildman–Crippen MR) is 83.8 cm³/mol. The van der Waals surface area contributed by atoms with Crippen molar-refractivity contribution >= 4 is 11.5 Å². The number of fused-ring (bicyclic) bond motifs is 1. The van der Waals surface area contributed by atoms with Crippen LogP contribution in [0.4, 0.5) is 5.69 Å². The highest BCUT2D eigenvalue weighted by molar-refractivity contribution is 6.10. The zero-order chi connectivity index (χ0) is 14.7. The molecule has 0 amide bonds.